The first-order valence-electron chi connectivity index (χ1n) is 8.24. The minimum Gasteiger partial charge on any atom is -0.457 e. The second kappa shape index (κ2) is 7.04. The van der Waals surface area contributed by atoms with Gasteiger partial charge in [-0.3, -0.25) is 10.6 Å². The van der Waals surface area contributed by atoms with Gasteiger partial charge in [-0.15, -0.1) is 0 Å². The molecule has 1 amide bonds. The number of carbonyl (C=O) groups excluding carboxylic acids is 2. The number of likely N-dealkylation sites (N-methyl/N-ethyl adjacent to an activating group) is 1. The van der Waals surface area contributed by atoms with Crippen LogP contribution in [0.2, 0.25) is 0 Å². The Bertz CT molecular complexity index is 644. The molecule has 1 unspecified atom stereocenters. The summed E-state index contributed by atoms with van der Waals surface area (Å²) in [5, 5.41) is 0. The van der Waals surface area contributed by atoms with Crippen LogP contribution >= 0.6 is 0 Å². The van der Waals surface area contributed by atoms with Crippen LogP contribution in [0.3, 0.4) is 0 Å². The molecule has 0 fully saturated rings. The normalized spacial score (nSPS) is 14.4. The smallest absolute Gasteiger partial charge is 0.412 e. The zero-order valence-electron chi connectivity index (χ0n) is 16.5. The molecule has 1 aromatic carbocycles. The third kappa shape index (κ3) is 5.19. The number of amides is 1. The van der Waals surface area contributed by atoms with Crippen LogP contribution in [0.5, 0.6) is 0 Å². The second-order valence-corrected chi connectivity index (χ2v) is 8.12. The molecule has 25 heavy (non-hydrogen) atoms. The molecule has 1 aromatic rings. The van der Waals surface area contributed by atoms with Gasteiger partial charge >= 0.3 is 12.1 Å². The van der Waals surface area contributed by atoms with E-state index in [2.05, 4.69) is 0 Å². The van der Waals surface area contributed by atoms with E-state index in [4.69, 9.17) is 15.2 Å². The molecule has 2 N–H and O–H groups in total. The summed E-state index contributed by atoms with van der Waals surface area (Å²) in [5.41, 5.74) is 4.47. The summed E-state index contributed by atoms with van der Waals surface area (Å²) in [4.78, 5) is 26.6. The van der Waals surface area contributed by atoms with Crippen molar-refractivity contribution in [3.05, 3.63) is 35.4 Å². The SMILES string of the molecule is Cc1ccccc1C(N)(C(=O)OC(C)(C)C)N(C)C(=O)OC(C)(C)C. The van der Waals surface area contributed by atoms with Gasteiger partial charge in [-0.25, -0.2) is 9.59 Å². The monoisotopic (exact) mass is 350 g/mol. The van der Waals surface area contributed by atoms with Gasteiger partial charge in [0.25, 0.3) is 0 Å². The second-order valence-electron chi connectivity index (χ2n) is 8.12. The average Bonchev–Trinajstić information content (AvgIpc) is 2.42. The zero-order valence-corrected chi connectivity index (χ0v) is 16.5. The fourth-order valence-electron chi connectivity index (χ4n) is 2.26. The third-order valence-corrected chi connectivity index (χ3v) is 3.46. The van der Waals surface area contributed by atoms with Crippen LogP contribution in [0, 0.1) is 6.92 Å². The van der Waals surface area contributed by atoms with E-state index in [9.17, 15) is 9.59 Å². The summed E-state index contributed by atoms with van der Waals surface area (Å²) in [7, 11) is 1.43. The van der Waals surface area contributed by atoms with Gasteiger partial charge in [-0.2, -0.15) is 0 Å². The molecule has 0 radical (unpaired) electrons. The predicted octanol–water partition coefficient (Wildman–Crippen LogP) is 3.32. The van der Waals surface area contributed by atoms with Crippen molar-refractivity contribution >= 4 is 12.1 Å². The number of carbonyl (C=O) groups is 2. The van der Waals surface area contributed by atoms with Crippen molar-refractivity contribution < 1.29 is 19.1 Å². The van der Waals surface area contributed by atoms with E-state index in [0.717, 1.165) is 10.5 Å². The first kappa shape index (κ1) is 21.0. The van der Waals surface area contributed by atoms with Gasteiger partial charge in [0.05, 0.1) is 0 Å². The van der Waals surface area contributed by atoms with Crippen molar-refractivity contribution in [3.63, 3.8) is 0 Å². The molecular weight excluding hydrogens is 320 g/mol. The van der Waals surface area contributed by atoms with E-state index in [1.165, 1.54) is 7.05 Å². The first-order valence-corrected chi connectivity index (χ1v) is 8.24. The summed E-state index contributed by atoms with van der Waals surface area (Å²) in [6.45, 7) is 12.3. The Labute approximate surface area is 150 Å². The fraction of sp³-hybridized carbons (Fsp3) is 0.579. The van der Waals surface area contributed by atoms with Gasteiger partial charge in [0.2, 0.25) is 5.66 Å². The Kier molecular flexibility index (Phi) is 5.90. The standard InChI is InChI=1S/C19H30N2O4/c1-13-11-9-10-12-14(13)19(20,15(22)24-17(2,3)4)21(8)16(23)25-18(5,6)7/h9-12H,20H2,1-8H3. The maximum Gasteiger partial charge on any atom is 0.412 e. The van der Waals surface area contributed by atoms with E-state index in [1.54, 1.807) is 53.7 Å². The highest BCUT2D eigenvalue weighted by molar-refractivity contribution is 5.87. The maximum absolute atomic E-state index is 12.9. The van der Waals surface area contributed by atoms with Crippen LogP contribution in [-0.2, 0) is 19.9 Å². The fourth-order valence-corrected chi connectivity index (χ4v) is 2.26. The summed E-state index contributed by atoms with van der Waals surface area (Å²) >= 11 is 0. The number of ether oxygens (including phenoxy) is 2. The third-order valence-electron chi connectivity index (χ3n) is 3.46. The molecule has 6 heteroatoms. The molecule has 0 aliphatic rings. The molecule has 0 aliphatic heterocycles. The van der Waals surface area contributed by atoms with Crippen molar-refractivity contribution in [3.8, 4) is 0 Å². The lowest BCUT2D eigenvalue weighted by Crippen LogP contribution is -2.61. The molecule has 0 aromatic heterocycles. The van der Waals surface area contributed by atoms with Gasteiger partial charge in [0, 0.05) is 12.6 Å². The van der Waals surface area contributed by atoms with Crippen LogP contribution in [0.4, 0.5) is 4.79 Å². The molecule has 0 saturated heterocycles. The topological polar surface area (TPSA) is 81.9 Å². The van der Waals surface area contributed by atoms with Crippen molar-refractivity contribution in [2.75, 3.05) is 7.05 Å². The summed E-state index contributed by atoms with van der Waals surface area (Å²) in [6, 6.07) is 7.13. The van der Waals surface area contributed by atoms with Gasteiger partial charge in [0.1, 0.15) is 11.2 Å². The minimum absolute atomic E-state index is 0.484. The van der Waals surface area contributed by atoms with Gasteiger partial charge in [-0.1, -0.05) is 24.3 Å². The average molecular weight is 350 g/mol. The van der Waals surface area contributed by atoms with E-state index in [-0.39, 0.29) is 0 Å². The lowest BCUT2D eigenvalue weighted by atomic mass is 9.94. The Hall–Kier alpha value is -2.08. The molecule has 0 saturated carbocycles. The number of benzene rings is 1. The van der Waals surface area contributed by atoms with Gasteiger partial charge < -0.3 is 9.47 Å². The number of rotatable bonds is 3. The first-order chi connectivity index (χ1) is 11.2. The van der Waals surface area contributed by atoms with Crippen LogP contribution in [0.25, 0.3) is 0 Å². The van der Waals surface area contributed by atoms with Crippen molar-refractivity contribution in [1.82, 2.24) is 4.90 Å². The lowest BCUT2D eigenvalue weighted by molar-refractivity contribution is -0.169. The van der Waals surface area contributed by atoms with Crippen LogP contribution in [0.1, 0.15) is 52.7 Å². The largest absolute Gasteiger partial charge is 0.457 e. The number of esters is 1. The highest BCUT2D eigenvalue weighted by Crippen LogP contribution is 2.29. The van der Waals surface area contributed by atoms with Crippen LogP contribution in [-0.4, -0.2) is 35.2 Å². The molecule has 6 nitrogen and oxygen atoms in total. The minimum atomic E-state index is -1.80. The molecule has 0 heterocycles. The molecule has 1 rings (SSSR count). The summed E-state index contributed by atoms with van der Waals surface area (Å²) in [5.74, 6) is -0.720. The number of nitrogens with two attached hydrogens (primary N) is 1. The van der Waals surface area contributed by atoms with Crippen molar-refractivity contribution in [1.29, 1.82) is 0 Å². The number of hydrogen-bond donors (Lipinski definition) is 1. The molecule has 0 spiro atoms. The highest BCUT2D eigenvalue weighted by Gasteiger charge is 2.47. The number of aryl methyl sites for hydroxylation is 1. The van der Waals surface area contributed by atoms with E-state index in [0.29, 0.717) is 5.56 Å². The van der Waals surface area contributed by atoms with E-state index in [1.807, 2.05) is 19.1 Å². The Balaban J connectivity index is 3.40. The van der Waals surface area contributed by atoms with E-state index < -0.39 is 28.9 Å². The van der Waals surface area contributed by atoms with E-state index >= 15 is 0 Å². The maximum atomic E-state index is 12.9. The zero-order chi connectivity index (χ0) is 19.6. The number of nitrogens with zero attached hydrogens (tertiary/aromatic N) is 1. The van der Waals surface area contributed by atoms with Crippen molar-refractivity contribution in [2.24, 2.45) is 5.73 Å². The molecule has 1 atom stereocenters. The quantitative estimate of drug-likeness (QED) is 0.668. The van der Waals surface area contributed by atoms with Gasteiger partial charge in [-0.05, 0) is 54.0 Å². The highest BCUT2D eigenvalue weighted by atomic mass is 16.6. The predicted molar refractivity (Wildman–Crippen MR) is 96.9 cm³/mol. The Morgan fingerprint density at radius 1 is 0.960 bits per heavy atom. The molecular formula is C19H30N2O4. The number of hydrogen-bond acceptors (Lipinski definition) is 5. The Morgan fingerprint density at radius 2 is 1.44 bits per heavy atom. The lowest BCUT2D eigenvalue weighted by Gasteiger charge is -2.39. The molecule has 0 bridgehead atoms. The van der Waals surface area contributed by atoms with Crippen LogP contribution < -0.4 is 5.73 Å². The van der Waals surface area contributed by atoms with Gasteiger partial charge in [0.15, 0.2) is 0 Å². The molecule has 0 aliphatic carbocycles. The molecule has 140 valence electrons. The van der Waals surface area contributed by atoms with Crippen molar-refractivity contribution in [2.45, 2.75) is 65.3 Å². The van der Waals surface area contributed by atoms with Crippen LogP contribution in [0.15, 0.2) is 24.3 Å². The summed E-state index contributed by atoms with van der Waals surface area (Å²) in [6.07, 6.45) is -0.705. The Morgan fingerprint density at radius 3 is 1.88 bits per heavy atom. The summed E-state index contributed by atoms with van der Waals surface area (Å²) < 4.78 is 10.9.